The van der Waals surface area contributed by atoms with Gasteiger partial charge in [-0.3, -0.25) is 4.79 Å². The number of hydrogen-bond donors (Lipinski definition) is 1. The van der Waals surface area contributed by atoms with Crippen molar-refractivity contribution >= 4 is 38.5 Å². The fourth-order valence-electron chi connectivity index (χ4n) is 2.18. The average Bonchev–Trinajstić information content (AvgIpc) is 2.50. The van der Waals surface area contributed by atoms with E-state index in [4.69, 9.17) is 4.42 Å². The Kier molecular flexibility index (Phi) is 3.81. The summed E-state index contributed by atoms with van der Waals surface area (Å²) in [4.78, 5) is 24.3. The molecular formula is C17H12BrNO3. The third-order valence-electron chi connectivity index (χ3n) is 3.30. The molecule has 1 aromatic heterocycles. The molecule has 0 unspecified atom stereocenters. The number of halogens is 1. The van der Waals surface area contributed by atoms with Crippen molar-refractivity contribution in [1.29, 1.82) is 0 Å². The molecule has 0 saturated carbocycles. The maximum absolute atomic E-state index is 12.3. The molecule has 0 spiro atoms. The average molecular weight is 358 g/mol. The molecule has 3 rings (SSSR count). The Hall–Kier alpha value is -2.40. The van der Waals surface area contributed by atoms with E-state index in [0.717, 1.165) is 15.4 Å². The van der Waals surface area contributed by atoms with E-state index in [-0.39, 0.29) is 5.56 Å². The molecule has 0 aliphatic carbocycles. The summed E-state index contributed by atoms with van der Waals surface area (Å²) in [7, 11) is 0. The first-order valence-corrected chi connectivity index (χ1v) is 7.44. The maximum Gasteiger partial charge on any atom is 0.349 e. The fourth-order valence-corrected chi connectivity index (χ4v) is 2.44. The van der Waals surface area contributed by atoms with E-state index in [1.807, 2.05) is 37.3 Å². The van der Waals surface area contributed by atoms with Crippen LogP contribution in [0.4, 0.5) is 5.69 Å². The quantitative estimate of drug-likeness (QED) is 0.701. The molecule has 4 nitrogen and oxygen atoms in total. The van der Waals surface area contributed by atoms with Gasteiger partial charge in [0.1, 0.15) is 11.1 Å². The Labute approximate surface area is 134 Å². The monoisotopic (exact) mass is 357 g/mol. The minimum absolute atomic E-state index is 0.0129. The second-order valence-corrected chi connectivity index (χ2v) is 5.82. The lowest BCUT2D eigenvalue weighted by molar-refractivity contribution is 0.102. The zero-order chi connectivity index (χ0) is 15.7. The fraction of sp³-hybridized carbons (Fsp3) is 0.0588. The number of amides is 1. The second-order valence-electron chi connectivity index (χ2n) is 4.90. The van der Waals surface area contributed by atoms with Gasteiger partial charge in [-0.2, -0.15) is 0 Å². The van der Waals surface area contributed by atoms with Crippen molar-refractivity contribution in [2.24, 2.45) is 0 Å². The second kappa shape index (κ2) is 5.77. The number of anilines is 1. The Balaban J connectivity index is 1.99. The molecule has 5 heteroatoms. The van der Waals surface area contributed by atoms with E-state index in [2.05, 4.69) is 21.2 Å². The van der Waals surface area contributed by atoms with E-state index in [9.17, 15) is 9.59 Å². The molecule has 0 radical (unpaired) electrons. The van der Waals surface area contributed by atoms with E-state index in [1.54, 1.807) is 18.2 Å². The number of aryl methyl sites for hydroxylation is 1. The van der Waals surface area contributed by atoms with Gasteiger partial charge in [-0.15, -0.1) is 0 Å². The summed E-state index contributed by atoms with van der Waals surface area (Å²) in [6.45, 7) is 1.85. The Morgan fingerprint density at radius 3 is 2.59 bits per heavy atom. The summed E-state index contributed by atoms with van der Waals surface area (Å²) in [6, 6.07) is 14.2. The minimum Gasteiger partial charge on any atom is -0.422 e. The Bertz CT molecular complexity index is 913. The Morgan fingerprint density at radius 1 is 1.14 bits per heavy atom. The maximum atomic E-state index is 12.3. The van der Waals surface area contributed by atoms with E-state index < -0.39 is 11.5 Å². The molecular weight excluding hydrogens is 346 g/mol. The van der Waals surface area contributed by atoms with Crippen molar-refractivity contribution in [3.63, 3.8) is 0 Å². The third-order valence-corrected chi connectivity index (χ3v) is 3.83. The van der Waals surface area contributed by atoms with Crippen LogP contribution in [-0.4, -0.2) is 5.91 Å². The van der Waals surface area contributed by atoms with E-state index >= 15 is 0 Å². The van der Waals surface area contributed by atoms with Crippen molar-refractivity contribution in [2.75, 3.05) is 5.32 Å². The molecule has 0 aliphatic heterocycles. The summed E-state index contributed by atoms with van der Waals surface area (Å²) in [6.07, 6.45) is 0. The summed E-state index contributed by atoms with van der Waals surface area (Å²) < 4.78 is 6.19. The van der Waals surface area contributed by atoms with Gasteiger partial charge in [0.2, 0.25) is 0 Å². The van der Waals surface area contributed by atoms with Gasteiger partial charge >= 0.3 is 5.63 Å². The highest BCUT2D eigenvalue weighted by Crippen LogP contribution is 2.18. The smallest absolute Gasteiger partial charge is 0.349 e. The number of nitrogens with one attached hydrogen (secondary N) is 1. The van der Waals surface area contributed by atoms with Gasteiger partial charge < -0.3 is 9.73 Å². The van der Waals surface area contributed by atoms with Crippen LogP contribution in [0.2, 0.25) is 0 Å². The molecule has 0 bridgehead atoms. The predicted molar refractivity (Wildman–Crippen MR) is 89.3 cm³/mol. The third kappa shape index (κ3) is 2.80. The van der Waals surface area contributed by atoms with Crippen LogP contribution in [0.3, 0.4) is 0 Å². The molecule has 0 atom stereocenters. The van der Waals surface area contributed by atoms with Crippen LogP contribution >= 0.6 is 15.9 Å². The molecule has 0 aliphatic rings. The molecule has 1 N–H and O–H groups in total. The number of hydrogen-bond acceptors (Lipinski definition) is 3. The molecule has 1 amide bonds. The van der Waals surface area contributed by atoms with Crippen LogP contribution in [0.5, 0.6) is 0 Å². The van der Waals surface area contributed by atoms with Gasteiger partial charge in [0, 0.05) is 15.5 Å². The molecule has 110 valence electrons. The molecule has 0 saturated heterocycles. The summed E-state index contributed by atoms with van der Waals surface area (Å²) in [5, 5.41) is 3.41. The number of carbonyl (C=O) groups is 1. The van der Waals surface area contributed by atoms with Crippen LogP contribution in [0.25, 0.3) is 11.0 Å². The summed E-state index contributed by atoms with van der Waals surface area (Å²) in [5.74, 6) is -0.487. The molecule has 0 fully saturated rings. The highest BCUT2D eigenvalue weighted by Gasteiger charge is 2.14. The first-order chi connectivity index (χ1) is 10.5. The first kappa shape index (κ1) is 14.5. The highest BCUT2D eigenvalue weighted by molar-refractivity contribution is 9.10. The van der Waals surface area contributed by atoms with Gasteiger partial charge in [-0.1, -0.05) is 34.1 Å². The number of rotatable bonds is 2. The SMILES string of the molecule is Cc1cccc2cc(C(=O)Nc3ccc(Br)cc3)c(=O)oc12. The lowest BCUT2D eigenvalue weighted by atomic mass is 10.1. The van der Waals surface area contributed by atoms with Crippen LogP contribution in [0.15, 0.2) is 62.2 Å². The standard InChI is InChI=1S/C17H12BrNO3/c1-10-3-2-4-11-9-14(17(21)22-15(10)11)16(20)19-13-7-5-12(18)6-8-13/h2-9H,1H3,(H,19,20). The number of carbonyl (C=O) groups excluding carboxylic acids is 1. The van der Waals surface area contributed by atoms with E-state index in [1.165, 1.54) is 0 Å². The van der Waals surface area contributed by atoms with Crippen LogP contribution in [0, 0.1) is 6.92 Å². The lowest BCUT2D eigenvalue weighted by Gasteiger charge is -2.06. The number of para-hydroxylation sites is 1. The lowest BCUT2D eigenvalue weighted by Crippen LogP contribution is -2.20. The topological polar surface area (TPSA) is 59.3 Å². The predicted octanol–water partition coefficient (Wildman–Crippen LogP) is 4.12. The van der Waals surface area contributed by atoms with Gasteiger partial charge in [0.25, 0.3) is 5.91 Å². The minimum atomic E-state index is -0.642. The number of fused-ring (bicyclic) bond motifs is 1. The molecule has 3 aromatic rings. The van der Waals surface area contributed by atoms with E-state index in [0.29, 0.717) is 11.3 Å². The van der Waals surface area contributed by atoms with Crippen molar-refractivity contribution in [2.45, 2.75) is 6.92 Å². The van der Waals surface area contributed by atoms with Crippen LogP contribution < -0.4 is 10.9 Å². The van der Waals surface area contributed by atoms with Gasteiger partial charge in [0.15, 0.2) is 0 Å². The largest absolute Gasteiger partial charge is 0.422 e. The van der Waals surface area contributed by atoms with Crippen LogP contribution in [-0.2, 0) is 0 Å². The summed E-state index contributed by atoms with van der Waals surface area (Å²) in [5.41, 5.74) is 1.32. The molecule has 2 aromatic carbocycles. The molecule has 1 heterocycles. The normalized spacial score (nSPS) is 10.6. The Morgan fingerprint density at radius 2 is 1.86 bits per heavy atom. The van der Waals surface area contributed by atoms with Crippen molar-refractivity contribution in [3.05, 3.63) is 74.6 Å². The number of benzene rings is 2. The highest BCUT2D eigenvalue weighted by atomic mass is 79.9. The van der Waals surface area contributed by atoms with Crippen molar-refractivity contribution in [3.8, 4) is 0 Å². The van der Waals surface area contributed by atoms with Gasteiger partial charge in [-0.05, 0) is 42.8 Å². The summed E-state index contributed by atoms with van der Waals surface area (Å²) >= 11 is 3.32. The zero-order valence-electron chi connectivity index (χ0n) is 11.7. The van der Waals surface area contributed by atoms with Crippen molar-refractivity contribution in [1.82, 2.24) is 0 Å². The molecule has 22 heavy (non-hydrogen) atoms. The zero-order valence-corrected chi connectivity index (χ0v) is 13.3. The van der Waals surface area contributed by atoms with Crippen LogP contribution in [0.1, 0.15) is 15.9 Å². The van der Waals surface area contributed by atoms with Gasteiger partial charge in [-0.25, -0.2) is 4.79 Å². The van der Waals surface area contributed by atoms with Gasteiger partial charge in [0.05, 0.1) is 0 Å². The first-order valence-electron chi connectivity index (χ1n) is 6.65. The van der Waals surface area contributed by atoms with Crippen molar-refractivity contribution < 1.29 is 9.21 Å².